The number of esters is 1. The number of imide groups is 1. The van der Waals surface area contributed by atoms with Crippen molar-refractivity contribution >= 4 is 40.9 Å². The van der Waals surface area contributed by atoms with Gasteiger partial charge in [0.15, 0.2) is 0 Å². The Kier molecular flexibility index (Phi) is 7.32. The fraction of sp³-hybridized carbons (Fsp3) is 0.217. The summed E-state index contributed by atoms with van der Waals surface area (Å²) < 4.78 is 10.6. The van der Waals surface area contributed by atoms with E-state index in [0.29, 0.717) is 11.3 Å². The molecule has 1 atom stereocenters. The van der Waals surface area contributed by atoms with Crippen LogP contribution < -0.4 is 4.74 Å². The molecule has 0 spiro atoms. The minimum atomic E-state index is -0.992. The number of thioether (sulfide) groups is 1. The van der Waals surface area contributed by atoms with Crippen LogP contribution in [0.2, 0.25) is 0 Å². The molecule has 32 heavy (non-hydrogen) atoms. The normalized spacial score (nSPS) is 15.7. The second-order valence-corrected chi connectivity index (χ2v) is 7.83. The highest BCUT2D eigenvalue weighted by molar-refractivity contribution is 8.18. The molecule has 0 radical (unpaired) electrons. The Morgan fingerprint density at radius 2 is 1.75 bits per heavy atom. The first kappa shape index (κ1) is 23.1. The summed E-state index contributed by atoms with van der Waals surface area (Å²) in [7, 11) is 0. The van der Waals surface area contributed by atoms with Crippen LogP contribution in [0.5, 0.6) is 5.75 Å². The van der Waals surface area contributed by atoms with Crippen LogP contribution in [-0.2, 0) is 20.9 Å². The SMILES string of the molecule is CCOC(=O)C(C)N1C(=O)S/C(=C/c2ccc(OCc3ccc(C(=O)O)cc3)cc2)C1=O. The fourth-order valence-electron chi connectivity index (χ4n) is 2.90. The number of hydrogen-bond acceptors (Lipinski definition) is 7. The van der Waals surface area contributed by atoms with Crippen LogP contribution in [0, 0.1) is 0 Å². The summed E-state index contributed by atoms with van der Waals surface area (Å²) in [6, 6.07) is 12.3. The maximum Gasteiger partial charge on any atom is 0.335 e. The number of carbonyl (C=O) groups is 4. The number of rotatable bonds is 8. The molecular formula is C23H21NO7S. The van der Waals surface area contributed by atoms with Crippen LogP contribution in [0.15, 0.2) is 53.4 Å². The molecular weight excluding hydrogens is 434 g/mol. The average molecular weight is 455 g/mol. The number of nitrogens with zero attached hydrogens (tertiary/aromatic N) is 1. The van der Waals surface area contributed by atoms with Gasteiger partial charge in [-0.15, -0.1) is 0 Å². The minimum absolute atomic E-state index is 0.164. The van der Waals surface area contributed by atoms with Gasteiger partial charge in [0.1, 0.15) is 18.4 Å². The second-order valence-electron chi connectivity index (χ2n) is 6.84. The van der Waals surface area contributed by atoms with Gasteiger partial charge in [0.05, 0.1) is 17.1 Å². The van der Waals surface area contributed by atoms with Crippen molar-refractivity contribution < 1.29 is 33.8 Å². The summed E-state index contributed by atoms with van der Waals surface area (Å²) in [5, 5.41) is 8.41. The Morgan fingerprint density at radius 3 is 2.34 bits per heavy atom. The molecule has 1 fully saturated rings. The van der Waals surface area contributed by atoms with Crippen molar-refractivity contribution in [3.63, 3.8) is 0 Å². The van der Waals surface area contributed by atoms with Gasteiger partial charge in [0.2, 0.25) is 0 Å². The Hall–Kier alpha value is -3.59. The molecule has 2 aromatic carbocycles. The molecule has 0 aliphatic carbocycles. The van der Waals surface area contributed by atoms with Gasteiger partial charge in [-0.3, -0.25) is 14.5 Å². The summed E-state index contributed by atoms with van der Waals surface area (Å²) in [5.74, 6) is -1.56. The quantitative estimate of drug-likeness (QED) is 0.471. The smallest absolute Gasteiger partial charge is 0.335 e. The van der Waals surface area contributed by atoms with E-state index in [0.717, 1.165) is 22.2 Å². The summed E-state index contributed by atoms with van der Waals surface area (Å²) in [4.78, 5) is 48.8. The highest BCUT2D eigenvalue weighted by atomic mass is 32.2. The summed E-state index contributed by atoms with van der Waals surface area (Å²) in [5.41, 5.74) is 1.72. The van der Waals surface area contributed by atoms with E-state index in [1.54, 1.807) is 49.4 Å². The lowest BCUT2D eigenvalue weighted by molar-refractivity contribution is -0.150. The molecule has 0 saturated carbocycles. The lowest BCUT2D eigenvalue weighted by Gasteiger charge is -2.19. The number of aromatic carboxylic acids is 1. The topological polar surface area (TPSA) is 110 Å². The molecule has 1 aliphatic heterocycles. The highest BCUT2D eigenvalue weighted by Gasteiger charge is 2.41. The first-order valence-electron chi connectivity index (χ1n) is 9.79. The molecule has 1 heterocycles. The summed E-state index contributed by atoms with van der Waals surface area (Å²) in [6.45, 7) is 3.54. The van der Waals surface area contributed by atoms with Crippen LogP contribution in [0.3, 0.4) is 0 Å². The standard InChI is InChI=1S/C23H21NO7S/c1-3-30-22(28)14(2)24-20(25)19(32-23(24)29)12-15-6-10-18(11-7-15)31-13-16-4-8-17(9-5-16)21(26)27/h4-12,14H,3,13H2,1-2H3,(H,26,27)/b19-12+. The molecule has 166 valence electrons. The Balaban J connectivity index is 1.63. The highest BCUT2D eigenvalue weighted by Crippen LogP contribution is 2.34. The molecule has 1 N–H and O–H groups in total. The van der Waals surface area contributed by atoms with Crippen LogP contribution in [0.25, 0.3) is 6.08 Å². The number of carboxylic acids is 1. The monoisotopic (exact) mass is 455 g/mol. The molecule has 0 bridgehead atoms. The van der Waals surface area contributed by atoms with Gasteiger partial charge in [-0.05, 0) is 67.1 Å². The third-order valence-corrected chi connectivity index (χ3v) is 5.51. The predicted octanol–water partition coefficient (Wildman–Crippen LogP) is 3.95. The Bertz CT molecular complexity index is 1060. The molecule has 2 aromatic rings. The largest absolute Gasteiger partial charge is 0.489 e. The van der Waals surface area contributed by atoms with E-state index >= 15 is 0 Å². The predicted molar refractivity (Wildman–Crippen MR) is 118 cm³/mol. The molecule has 2 amide bonds. The van der Waals surface area contributed by atoms with E-state index in [2.05, 4.69) is 0 Å². The zero-order valence-electron chi connectivity index (χ0n) is 17.4. The van der Waals surface area contributed by atoms with Crippen LogP contribution in [-0.4, -0.2) is 45.7 Å². The van der Waals surface area contributed by atoms with Gasteiger partial charge in [0.25, 0.3) is 11.1 Å². The third kappa shape index (κ3) is 5.36. The molecule has 1 unspecified atom stereocenters. The van der Waals surface area contributed by atoms with E-state index in [1.807, 2.05) is 0 Å². The third-order valence-electron chi connectivity index (χ3n) is 4.62. The lowest BCUT2D eigenvalue weighted by atomic mass is 10.1. The van der Waals surface area contributed by atoms with Crippen molar-refractivity contribution in [1.29, 1.82) is 0 Å². The summed E-state index contributed by atoms with van der Waals surface area (Å²) >= 11 is 0.773. The molecule has 1 aliphatic rings. The minimum Gasteiger partial charge on any atom is -0.489 e. The zero-order chi connectivity index (χ0) is 23.3. The Labute approximate surface area is 188 Å². The van der Waals surface area contributed by atoms with Crippen molar-refractivity contribution in [3.05, 3.63) is 70.1 Å². The van der Waals surface area contributed by atoms with Crippen molar-refractivity contribution in [2.24, 2.45) is 0 Å². The Morgan fingerprint density at radius 1 is 1.09 bits per heavy atom. The van der Waals surface area contributed by atoms with E-state index in [-0.39, 0.29) is 23.7 Å². The lowest BCUT2D eigenvalue weighted by Crippen LogP contribution is -2.42. The number of benzene rings is 2. The van der Waals surface area contributed by atoms with Gasteiger partial charge < -0.3 is 14.6 Å². The number of carboxylic acid groups (broad SMARTS) is 1. The molecule has 0 aromatic heterocycles. The van der Waals surface area contributed by atoms with Crippen molar-refractivity contribution in [2.45, 2.75) is 26.5 Å². The van der Waals surface area contributed by atoms with Crippen molar-refractivity contribution in [2.75, 3.05) is 6.61 Å². The van der Waals surface area contributed by atoms with E-state index in [9.17, 15) is 19.2 Å². The number of hydrogen-bond donors (Lipinski definition) is 1. The van der Waals surface area contributed by atoms with Crippen LogP contribution in [0.1, 0.15) is 35.3 Å². The second kappa shape index (κ2) is 10.1. The van der Waals surface area contributed by atoms with Crippen molar-refractivity contribution in [1.82, 2.24) is 4.90 Å². The summed E-state index contributed by atoms with van der Waals surface area (Å²) in [6.07, 6.45) is 1.58. The maximum absolute atomic E-state index is 12.6. The maximum atomic E-state index is 12.6. The fourth-order valence-corrected chi connectivity index (χ4v) is 3.81. The van der Waals surface area contributed by atoms with Gasteiger partial charge in [-0.1, -0.05) is 24.3 Å². The van der Waals surface area contributed by atoms with Crippen molar-refractivity contribution in [3.8, 4) is 5.75 Å². The van der Waals surface area contributed by atoms with Gasteiger partial charge >= 0.3 is 11.9 Å². The van der Waals surface area contributed by atoms with E-state index < -0.39 is 29.1 Å². The first-order chi connectivity index (χ1) is 15.3. The molecule has 9 heteroatoms. The van der Waals surface area contributed by atoms with Gasteiger partial charge in [0, 0.05) is 0 Å². The average Bonchev–Trinajstić information content (AvgIpc) is 3.05. The zero-order valence-corrected chi connectivity index (χ0v) is 18.3. The number of carbonyl (C=O) groups excluding carboxylic acids is 3. The molecule has 3 rings (SSSR count). The number of amides is 2. The molecule has 1 saturated heterocycles. The first-order valence-corrected chi connectivity index (χ1v) is 10.6. The van der Waals surface area contributed by atoms with E-state index in [1.165, 1.54) is 19.1 Å². The van der Waals surface area contributed by atoms with Crippen LogP contribution in [0.4, 0.5) is 4.79 Å². The van der Waals surface area contributed by atoms with Crippen LogP contribution >= 0.6 is 11.8 Å². The van der Waals surface area contributed by atoms with Gasteiger partial charge in [-0.25, -0.2) is 9.59 Å². The molecule has 8 nitrogen and oxygen atoms in total. The van der Waals surface area contributed by atoms with E-state index in [4.69, 9.17) is 14.6 Å². The number of ether oxygens (including phenoxy) is 2. The van der Waals surface area contributed by atoms with Gasteiger partial charge in [-0.2, -0.15) is 0 Å².